The van der Waals surface area contributed by atoms with Crippen LogP contribution in [0.4, 0.5) is 20.6 Å². The Kier molecular flexibility index (Phi) is 6.33. The molecule has 0 unspecified atom stereocenters. The highest BCUT2D eigenvalue weighted by Gasteiger charge is 2.31. The molecule has 0 spiro atoms. The molecule has 0 radical (unpaired) electrons. The fourth-order valence-corrected chi connectivity index (χ4v) is 5.89. The summed E-state index contributed by atoms with van der Waals surface area (Å²) in [7, 11) is 0. The Hall–Kier alpha value is -5.86. The van der Waals surface area contributed by atoms with Crippen LogP contribution in [0.15, 0.2) is 56.2 Å². The number of anilines is 1. The quantitative estimate of drug-likeness (QED) is 0.0924. The topological polar surface area (TPSA) is 186 Å². The van der Waals surface area contributed by atoms with Crippen LogP contribution < -0.4 is 15.6 Å². The Morgan fingerprint density at radius 2 is 1.89 bits per heavy atom. The number of amides is 1. The third-order valence-electron chi connectivity index (χ3n) is 7.82. The number of hydrogen-bond donors (Lipinski definition) is 3. The summed E-state index contributed by atoms with van der Waals surface area (Å²) in [4.78, 5) is 53.4. The number of nitrogens with one attached hydrogen (secondary N) is 2. The number of alkyl carbamates (subject to hydrolysis) is 1. The minimum Gasteiger partial charge on any atom is -0.477 e. The summed E-state index contributed by atoms with van der Waals surface area (Å²) in [5, 5.41) is 23.7. The third-order valence-corrected chi connectivity index (χ3v) is 7.82. The number of carbonyl (C=O) groups is 2. The van der Waals surface area contributed by atoms with Gasteiger partial charge >= 0.3 is 12.1 Å². The Balaban J connectivity index is 1.45. The van der Waals surface area contributed by atoms with Crippen LogP contribution in [0.5, 0.6) is 0 Å². The van der Waals surface area contributed by atoms with Crippen molar-refractivity contribution in [3.63, 3.8) is 0 Å². The predicted octanol–water partition coefficient (Wildman–Crippen LogP) is 5.84. The van der Waals surface area contributed by atoms with Crippen LogP contribution in [0.1, 0.15) is 37.6 Å². The molecule has 1 fully saturated rings. The van der Waals surface area contributed by atoms with Crippen LogP contribution in [0.25, 0.3) is 49.8 Å². The maximum atomic E-state index is 16.0. The van der Waals surface area contributed by atoms with E-state index in [0.29, 0.717) is 24.0 Å². The van der Waals surface area contributed by atoms with Crippen molar-refractivity contribution < 1.29 is 37.6 Å². The lowest BCUT2D eigenvalue weighted by Crippen LogP contribution is -2.40. The van der Waals surface area contributed by atoms with Gasteiger partial charge in [0.25, 0.3) is 5.69 Å². The average Bonchev–Trinajstić information content (AvgIpc) is 3.42. The highest BCUT2D eigenvalue weighted by atomic mass is 19.1. The zero-order chi connectivity index (χ0) is 32.7. The summed E-state index contributed by atoms with van der Waals surface area (Å²) in [5.41, 5.74) is -0.334. The number of halogens is 1. The van der Waals surface area contributed by atoms with Crippen molar-refractivity contribution in [1.82, 2.24) is 14.7 Å². The summed E-state index contributed by atoms with van der Waals surface area (Å²) in [6, 6.07) is 7.84. The van der Waals surface area contributed by atoms with Crippen LogP contribution in [-0.4, -0.2) is 56.2 Å². The van der Waals surface area contributed by atoms with Crippen molar-refractivity contribution in [2.24, 2.45) is 0 Å². The van der Waals surface area contributed by atoms with Crippen LogP contribution in [-0.2, 0) is 4.74 Å². The maximum Gasteiger partial charge on any atom is 0.407 e. The number of non-ortho nitro benzene ring substituents is 1. The molecule has 46 heavy (non-hydrogen) atoms. The van der Waals surface area contributed by atoms with E-state index in [1.165, 1.54) is 28.7 Å². The summed E-state index contributed by atoms with van der Waals surface area (Å²) < 4.78 is 35.1. The molecule has 4 heterocycles. The van der Waals surface area contributed by atoms with E-state index >= 15 is 4.39 Å². The van der Waals surface area contributed by atoms with Crippen molar-refractivity contribution >= 4 is 73.2 Å². The normalized spacial score (nSPS) is 15.4. The Morgan fingerprint density at radius 3 is 2.61 bits per heavy atom. The van der Waals surface area contributed by atoms with E-state index in [1.54, 1.807) is 31.7 Å². The second-order valence-electron chi connectivity index (χ2n) is 12.1. The van der Waals surface area contributed by atoms with Gasteiger partial charge in [0, 0.05) is 37.5 Å². The van der Waals surface area contributed by atoms with E-state index in [9.17, 15) is 29.6 Å². The van der Waals surface area contributed by atoms with Gasteiger partial charge in [-0.3, -0.25) is 14.9 Å². The molecule has 0 aliphatic carbocycles. The average molecular weight is 632 g/mol. The molecular weight excluding hydrogens is 605 g/mol. The minimum absolute atomic E-state index is 0.00200. The van der Waals surface area contributed by atoms with E-state index in [4.69, 9.17) is 13.6 Å². The number of aromatic carboxylic acids is 1. The summed E-state index contributed by atoms with van der Waals surface area (Å²) in [6.07, 6.45) is 1.03. The number of ether oxygens (including phenoxy) is 1. The van der Waals surface area contributed by atoms with Gasteiger partial charge < -0.3 is 38.3 Å². The van der Waals surface area contributed by atoms with Crippen LogP contribution >= 0.6 is 0 Å². The monoisotopic (exact) mass is 631 g/mol. The van der Waals surface area contributed by atoms with Gasteiger partial charge in [0.15, 0.2) is 28.1 Å². The molecule has 1 saturated heterocycles. The number of carbonyl (C=O) groups excluding carboxylic acids is 1. The molecule has 7 rings (SSSR count). The molecule has 6 aromatic rings. The molecule has 1 aliphatic rings. The van der Waals surface area contributed by atoms with Gasteiger partial charge in [-0.25, -0.2) is 14.0 Å². The number of aromatic amines is 1. The van der Waals surface area contributed by atoms with Gasteiger partial charge in [0.1, 0.15) is 22.4 Å². The van der Waals surface area contributed by atoms with E-state index < -0.39 is 39.4 Å². The van der Waals surface area contributed by atoms with Crippen molar-refractivity contribution in [3.05, 3.63) is 74.3 Å². The standard InChI is InChI=1S/C31H26FN5O9/c1-31(2,3)46-30(41)33-14-6-7-35(12-14)26-18(32)9-16-25-28(26)45-24-10-20-23(11-21(24)36(25)13-17(27(16)38)29(39)40)44-22-8-15(37(42)43)4-5-19(22)34-20/h4-5,8-11,13-14,34H,6-7,12H2,1-3H3,(H,33,41)(H,39,40)/t14-/m0/s1. The number of carboxylic acids is 1. The summed E-state index contributed by atoms with van der Waals surface area (Å²) in [6.45, 7) is 5.79. The molecule has 1 atom stereocenters. The Labute approximate surface area is 256 Å². The molecule has 1 aliphatic heterocycles. The van der Waals surface area contributed by atoms with Crippen LogP contribution in [0, 0.1) is 15.9 Å². The molecule has 1 amide bonds. The first-order valence-electron chi connectivity index (χ1n) is 14.3. The van der Waals surface area contributed by atoms with Gasteiger partial charge in [-0.2, -0.15) is 0 Å². The minimum atomic E-state index is -1.50. The molecule has 3 aromatic carbocycles. The zero-order valence-corrected chi connectivity index (χ0v) is 24.7. The molecule has 15 heteroatoms. The fourth-order valence-electron chi connectivity index (χ4n) is 5.89. The van der Waals surface area contributed by atoms with Gasteiger partial charge in [0.05, 0.1) is 39.0 Å². The number of nitro groups is 1. The number of pyridine rings is 1. The maximum absolute atomic E-state index is 16.0. The highest BCUT2D eigenvalue weighted by Crippen LogP contribution is 2.38. The molecule has 3 aromatic heterocycles. The van der Waals surface area contributed by atoms with Gasteiger partial charge in [0.2, 0.25) is 5.43 Å². The number of nitrogens with zero attached hydrogens (tertiary/aromatic N) is 3. The van der Waals surface area contributed by atoms with E-state index in [0.717, 1.165) is 12.3 Å². The predicted molar refractivity (Wildman–Crippen MR) is 165 cm³/mol. The molecule has 3 N–H and O–H groups in total. The highest BCUT2D eigenvalue weighted by molar-refractivity contribution is 6.06. The van der Waals surface area contributed by atoms with E-state index in [1.807, 2.05) is 0 Å². The van der Waals surface area contributed by atoms with Crippen molar-refractivity contribution in [2.75, 3.05) is 18.0 Å². The third kappa shape index (κ3) is 4.76. The first-order valence-corrected chi connectivity index (χ1v) is 14.3. The second-order valence-corrected chi connectivity index (χ2v) is 12.1. The second kappa shape index (κ2) is 10.1. The van der Waals surface area contributed by atoms with Crippen LogP contribution in [0.2, 0.25) is 0 Å². The lowest BCUT2D eigenvalue weighted by atomic mass is 10.1. The lowest BCUT2D eigenvalue weighted by Gasteiger charge is -2.24. The fraction of sp³-hybridized carbons (Fsp3) is 0.258. The molecular formula is C31H26FN5O9. The van der Waals surface area contributed by atoms with E-state index in [-0.39, 0.29) is 62.7 Å². The molecule has 0 bridgehead atoms. The van der Waals surface area contributed by atoms with Gasteiger partial charge in [-0.1, -0.05) is 0 Å². The lowest BCUT2D eigenvalue weighted by molar-refractivity contribution is -0.384. The number of aromatic nitrogens is 2. The molecule has 236 valence electrons. The van der Waals surface area contributed by atoms with Crippen LogP contribution in [0.3, 0.4) is 0 Å². The number of rotatable bonds is 4. The molecule has 0 saturated carbocycles. The van der Waals surface area contributed by atoms with Crippen molar-refractivity contribution in [2.45, 2.75) is 38.8 Å². The van der Waals surface area contributed by atoms with Gasteiger partial charge in [-0.05, 0) is 39.3 Å². The number of nitro benzene ring substituents is 1. The van der Waals surface area contributed by atoms with Gasteiger partial charge in [-0.15, -0.1) is 0 Å². The number of H-pyrrole nitrogens is 1. The smallest absolute Gasteiger partial charge is 0.407 e. The SMILES string of the molecule is CC(C)(C)OC(=O)N[C@H]1CCN(c2c(F)cc3c(=O)c(C(=O)O)cn4c5cc6oc7cc([N+](=O)[O-])ccc7[nH]c6cc5oc2c34)C1. The first kappa shape index (κ1) is 28.9. The number of carboxylic acid groups (broad SMARTS) is 1. The summed E-state index contributed by atoms with van der Waals surface area (Å²) in [5.74, 6) is -2.30. The number of hydrogen-bond acceptors (Lipinski definition) is 9. The first-order chi connectivity index (χ1) is 21.8. The summed E-state index contributed by atoms with van der Waals surface area (Å²) >= 11 is 0. The number of fused-ring (bicyclic) bond motifs is 4. The Bertz CT molecular complexity index is 2380. The molecule has 14 nitrogen and oxygen atoms in total. The van der Waals surface area contributed by atoms with Crippen molar-refractivity contribution in [1.29, 1.82) is 0 Å². The zero-order valence-electron chi connectivity index (χ0n) is 24.7. The largest absolute Gasteiger partial charge is 0.477 e. The van der Waals surface area contributed by atoms with E-state index in [2.05, 4.69) is 10.3 Å². The van der Waals surface area contributed by atoms with Crippen molar-refractivity contribution in [3.8, 4) is 0 Å². The number of benzene rings is 3. The Morgan fingerprint density at radius 1 is 1.13 bits per heavy atom.